The minimum Gasteiger partial charge on any atom is -0.759 e. The second-order valence-electron chi connectivity index (χ2n) is 0.408. The second-order valence-corrected chi connectivity index (χ2v) is 1.22. The van der Waals surface area contributed by atoms with Crippen molar-refractivity contribution in [3.63, 3.8) is 0 Å². The van der Waals surface area contributed by atoms with Crippen LogP contribution in [0.4, 0.5) is 0 Å². The fourth-order valence-corrected chi connectivity index (χ4v) is 0. The Kier molecular flexibility index (Phi) is 12.3. The molecule has 0 spiro atoms. The molecule has 7 heteroatoms. The quantitative estimate of drug-likeness (QED) is 0.297. The van der Waals surface area contributed by atoms with Crippen LogP contribution in [0.1, 0.15) is 0 Å². The molecule has 0 saturated heterocycles. The Morgan fingerprint density at radius 2 is 1.14 bits per heavy atom. The van der Waals surface area contributed by atoms with E-state index in [1.54, 1.807) is 0 Å². The molecule has 0 aliphatic carbocycles. The van der Waals surface area contributed by atoms with Gasteiger partial charge in [-0.3, -0.25) is 8.42 Å². The van der Waals surface area contributed by atoms with E-state index in [4.69, 9.17) is 17.5 Å². The first kappa shape index (κ1) is 15.7. The maximum atomic E-state index is 8.52. The average molecular weight is 202 g/mol. The third-order valence-corrected chi connectivity index (χ3v) is 0. The molecule has 0 bridgehead atoms. The molecule has 0 radical (unpaired) electrons. The Hall–Kier alpha value is 1.31. The maximum absolute atomic E-state index is 8.52. The molecule has 5 nitrogen and oxygen atoms in total. The first-order valence-electron chi connectivity index (χ1n) is 0.667. The summed E-state index contributed by atoms with van der Waals surface area (Å²) in [5, 5.41) is 0. The third-order valence-electron chi connectivity index (χ3n) is 0. The van der Waals surface area contributed by atoms with Gasteiger partial charge in [0.1, 0.15) is 0 Å². The summed E-state index contributed by atoms with van der Waals surface area (Å²) in [5.41, 5.74) is 0. The van der Waals surface area contributed by atoms with Gasteiger partial charge in [0.25, 0.3) is 0 Å². The molecular formula is H4NO4SSr+. The van der Waals surface area contributed by atoms with Gasteiger partial charge in [-0.05, 0) is 0 Å². The Labute approximate surface area is 78.5 Å². The molecule has 0 aliphatic heterocycles. The minimum atomic E-state index is -5.17. The van der Waals surface area contributed by atoms with Gasteiger partial charge in [-0.2, -0.15) is 0 Å². The van der Waals surface area contributed by atoms with Crippen LogP contribution >= 0.6 is 0 Å². The molecule has 0 aromatic rings. The molecule has 0 aromatic heterocycles. The zero-order valence-corrected chi connectivity index (χ0v) is 8.04. The SMILES string of the molecule is O=S(=O)([O-])[O-].[NH4+].[Sr+2]. The van der Waals surface area contributed by atoms with Gasteiger partial charge in [0.2, 0.25) is 0 Å². The zero-order chi connectivity index (χ0) is 4.50. The van der Waals surface area contributed by atoms with Crippen molar-refractivity contribution < 1.29 is 17.5 Å². The van der Waals surface area contributed by atoms with Gasteiger partial charge in [0, 0.05) is 10.4 Å². The van der Waals surface area contributed by atoms with Crippen molar-refractivity contribution in [1.29, 1.82) is 0 Å². The molecule has 0 unspecified atom stereocenters. The summed E-state index contributed by atoms with van der Waals surface area (Å²) in [6.07, 6.45) is 0. The molecule has 0 fully saturated rings. The van der Waals surface area contributed by atoms with E-state index in [0.717, 1.165) is 0 Å². The Morgan fingerprint density at radius 1 is 1.14 bits per heavy atom. The van der Waals surface area contributed by atoms with Crippen molar-refractivity contribution in [3.8, 4) is 0 Å². The smallest absolute Gasteiger partial charge is 0.759 e. The van der Waals surface area contributed by atoms with E-state index in [-0.39, 0.29) is 51.6 Å². The molecule has 0 saturated carbocycles. The summed E-state index contributed by atoms with van der Waals surface area (Å²) in [4.78, 5) is 0. The summed E-state index contributed by atoms with van der Waals surface area (Å²) >= 11 is 0. The summed E-state index contributed by atoms with van der Waals surface area (Å²) in [6, 6.07) is 0. The second kappa shape index (κ2) is 5.45. The van der Waals surface area contributed by atoms with Gasteiger partial charge in [-0.25, -0.2) is 0 Å². The van der Waals surface area contributed by atoms with Crippen molar-refractivity contribution in [2.75, 3.05) is 0 Å². The van der Waals surface area contributed by atoms with E-state index in [1.165, 1.54) is 0 Å². The van der Waals surface area contributed by atoms with Crippen LogP contribution in [0.2, 0.25) is 0 Å². The summed E-state index contributed by atoms with van der Waals surface area (Å²) in [7, 11) is -5.17. The monoisotopic (exact) mass is 202 g/mol. The van der Waals surface area contributed by atoms with Crippen LogP contribution in [0.3, 0.4) is 0 Å². The molecule has 0 rings (SSSR count). The molecule has 0 atom stereocenters. The van der Waals surface area contributed by atoms with Crippen LogP contribution in [0.5, 0.6) is 0 Å². The van der Waals surface area contributed by atoms with Crippen LogP contribution in [0.25, 0.3) is 0 Å². The normalized spacial score (nSPS) is 8.29. The van der Waals surface area contributed by atoms with E-state index < -0.39 is 10.4 Å². The molecule has 0 aromatic carbocycles. The van der Waals surface area contributed by atoms with E-state index >= 15 is 0 Å². The van der Waals surface area contributed by atoms with Crippen LogP contribution in [0, 0.1) is 0 Å². The molecule has 7 heavy (non-hydrogen) atoms. The van der Waals surface area contributed by atoms with Crippen molar-refractivity contribution in [3.05, 3.63) is 0 Å². The summed E-state index contributed by atoms with van der Waals surface area (Å²) < 4.78 is 34.1. The Balaban J connectivity index is -0.0000000800. The topological polar surface area (TPSA) is 117 Å². The molecule has 0 aliphatic rings. The minimum absolute atomic E-state index is 0. The number of quaternary nitrogens is 1. The summed E-state index contributed by atoms with van der Waals surface area (Å²) in [5.74, 6) is 0. The van der Waals surface area contributed by atoms with Gasteiger partial charge >= 0.3 is 45.5 Å². The molecule has 4 N–H and O–H groups in total. The van der Waals surface area contributed by atoms with Gasteiger partial charge in [-0.1, -0.05) is 0 Å². The van der Waals surface area contributed by atoms with Crippen LogP contribution < -0.4 is 6.15 Å². The van der Waals surface area contributed by atoms with Crippen molar-refractivity contribution >= 4 is 55.9 Å². The standard InChI is InChI=1S/H3N.H2O4S.Sr/c;1-5(2,3)4;/h1H3;(H2,1,2,3,4);/q;;+2/p-1. The van der Waals surface area contributed by atoms with Gasteiger partial charge in [-0.15, -0.1) is 0 Å². The van der Waals surface area contributed by atoms with Gasteiger partial charge in [0.05, 0.1) is 0 Å². The van der Waals surface area contributed by atoms with E-state index in [9.17, 15) is 0 Å². The van der Waals surface area contributed by atoms with Crippen LogP contribution in [-0.2, 0) is 10.4 Å². The van der Waals surface area contributed by atoms with Crippen molar-refractivity contribution in [2.45, 2.75) is 0 Å². The first-order chi connectivity index (χ1) is 2.00. The number of hydrogen-bond donors (Lipinski definition) is 1. The molecule has 0 amide bonds. The van der Waals surface area contributed by atoms with E-state index in [0.29, 0.717) is 0 Å². The predicted octanol–water partition coefficient (Wildman–Crippen LogP) is -1.34. The summed E-state index contributed by atoms with van der Waals surface area (Å²) in [6.45, 7) is 0. The van der Waals surface area contributed by atoms with Gasteiger partial charge in [0.15, 0.2) is 0 Å². The largest absolute Gasteiger partial charge is 2.00 e. The van der Waals surface area contributed by atoms with Crippen LogP contribution in [0.15, 0.2) is 0 Å². The van der Waals surface area contributed by atoms with Crippen LogP contribution in [-0.4, -0.2) is 63.0 Å². The van der Waals surface area contributed by atoms with Gasteiger partial charge < -0.3 is 15.3 Å². The van der Waals surface area contributed by atoms with E-state index in [1.807, 2.05) is 0 Å². The fourth-order valence-electron chi connectivity index (χ4n) is 0. The first-order valence-corrected chi connectivity index (χ1v) is 2.00. The Morgan fingerprint density at radius 3 is 1.14 bits per heavy atom. The van der Waals surface area contributed by atoms with Crippen molar-refractivity contribution in [1.82, 2.24) is 6.15 Å². The third kappa shape index (κ3) is 120. The van der Waals surface area contributed by atoms with Crippen molar-refractivity contribution in [2.24, 2.45) is 0 Å². The molecule has 40 valence electrons. The average Bonchev–Trinajstić information content (AvgIpc) is 0.722. The maximum Gasteiger partial charge on any atom is 2.00 e. The predicted molar refractivity (Wildman–Crippen MR) is 22.2 cm³/mol. The molecular weight excluding hydrogens is 198 g/mol. The fraction of sp³-hybridized carbons (Fsp3) is 0. The zero-order valence-electron chi connectivity index (χ0n) is 3.75. The molecule has 0 heterocycles. The number of rotatable bonds is 0. The Bertz CT molecular complexity index is 94.9. The number of hydrogen-bond acceptors (Lipinski definition) is 4. The van der Waals surface area contributed by atoms with E-state index in [2.05, 4.69) is 0 Å².